The normalized spacial score (nSPS) is 23.9. The third-order valence-corrected chi connectivity index (χ3v) is 11.5. The van der Waals surface area contributed by atoms with Crippen LogP contribution in [0.25, 0.3) is 0 Å². The quantitative estimate of drug-likeness (QED) is 0.317. The van der Waals surface area contributed by atoms with Crippen molar-refractivity contribution in [3.8, 4) is 5.75 Å². The summed E-state index contributed by atoms with van der Waals surface area (Å²) in [5.41, 5.74) is -1.18. The number of benzene rings is 3. The van der Waals surface area contributed by atoms with Crippen molar-refractivity contribution in [2.45, 2.75) is 30.8 Å². The van der Waals surface area contributed by atoms with Crippen molar-refractivity contribution in [3.05, 3.63) is 99.0 Å². The van der Waals surface area contributed by atoms with E-state index in [9.17, 15) is 31.2 Å². The molecule has 3 heterocycles. The molecular weight excluding hydrogens is 720 g/mol. The molecule has 268 valence electrons. The van der Waals surface area contributed by atoms with Crippen LogP contribution in [0, 0.1) is 0 Å². The number of nitrogens with zero attached hydrogens (tertiary/aromatic N) is 3. The highest BCUT2D eigenvalue weighted by Gasteiger charge is 2.55. The average Bonchev–Trinajstić information content (AvgIpc) is 3.50. The molecule has 0 spiro atoms. The van der Waals surface area contributed by atoms with Crippen LogP contribution in [0.5, 0.6) is 5.75 Å². The molecule has 50 heavy (non-hydrogen) atoms. The molecule has 3 aliphatic rings. The van der Waals surface area contributed by atoms with Crippen molar-refractivity contribution < 1.29 is 35.9 Å². The van der Waals surface area contributed by atoms with Gasteiger partial charge in [-0.05, 0) is 54.4 Å². The Bertz CT molecular complexity index is 1790. The minimum atomic E-state index is -4.67. The number of carbonyl (C=O) groups excluding carboxylic acids is 2. The number of halogens is 5. The molecule has 3 aromatic carbocycles. The van der Waals surface area contributed by atoms with Gasteiger partial charge in [-0.15, -0.1) is 0 Å². The van der Waals surface area contributed by atoms with Gasteiger partial charge in [0.05, 0.1) is 30.8 Å². The Balaban J connectivity index is 1.41. The van der Waals surface area contributed by atoms with E-state index in [0.717, 1.165) is 27.6 Å². The highest BCUT2D eigenvalue weighted by Crippen LogP contribution is 2.46. The van der Waals surface area contributed by atoms with Crippen molar-refractivity contribution in [1.29, 1.82) is 0 Å². The second-order valence-corrected chi connectivity index (χ2v) is 14.9. The van der Waals surface area contributed by atoms with Crippen LogP contribution in [-0.2, 0) is 31.6 Å². The van der Waals surface area contributed by atoms with Crippen LogP contribution in [-0.4, -0.2) is 86.2 Å². The second kappa shape index (κ2) is 14.3. The summed E-state index contributed by atoms with van der Waals surface area (Å²) in [6.07, 6.45) is -4.67. The molecule has 17 heteroatoms. The number of hydrogen-bond acceptors (Lipinski definition) is 7. The van der Waals surface area contributed by atoms with Gasteiger partial charge >= 0.3 is 6.18 Å². The molecule has 3 aliphatic heterocycles. The van der Waals surface area contributed by atoms with Crippen molar-refractivity contribution in [3.63, 3.8) is 0 Å². The molecule has 3 fully saturated rings. The molecule has 3 N–H and O–H groups in total. The lowest BCUT2D eigenvalue weighted by atomic mass is 9.94. The molecule has 2 amide bonds. The van der Waals surface area contributed by atoms with E-state index in [2.05, 4.69) is 16.0 Å². The van der Waals surface area contributed by atoms with Gasteiger partial charge in [0.2, 0.25) is 5.91 Å². The average molecular weight is 756 g/mol. The Morgan fingerprint density at radius 1 is 0.880 bits per heavy atom. The number of piperazine rings is 2. The van der Waals surface area contributed by atoms with Gasteiger partial charge in [-0.1, -0.05) is 53.5 Å². The third kappa shape index (κ3) is 7.17. The van der Waals surface area contributed by atoms with E-state index >= 15 is 0 Å². The summed E-state index contributed by atoms with van der Waals surface area (Å²) in [4.78, 5) is 28.4. The first-order chi connectivity index (χ1) is 23.7. The van der Waals surface area contributed by atoms with Gasteiger partial charge < -0.3 is 15.0 Å². The van der Waals surface area contributed by atoms with Crippen molar-refractivity contribution >= 4 is 45.2 Å². The smallest absolute Gasteiger partial charge is 0.416 e. The van der Waals surface area contributed by atoms with Crippen molar-refractivity contribution in [2.24, 2.45) is 0 Å². The number of carbonyl (C=O) groups is 2. The molecule has 3 aromatic rings. The predicted molar refractivity (Wildman–Crippen MR) is 181 cm³/mol. The van der Waals surface area contributed by atoms with E-state index in [1.54, 1.807) is 55.5 Å². The lowest BCUT2D eigenvalue weighted by Crippen LogP contribution is -2.63. The zero-order chi connectivity index (χ0) is 35.8. The molecule has 11 nitrogen and oxygen atoms in total. The summed E-state index contributed by atoms with van der Waals surface area (Å²) in [7, 11) is -3.99. The molecular formula is C33H35Cl2F3N6O5S. The van der Waals surface area contributed by atoms with Crippen LogP contribution in [0.1, 0.15) is 41.3 Å². The molecule has 0 bridgehead atoms. The maximum atomic E-state index is 15.0. The molecule has 6 rings (SSSR count). The molecule has 0 radical (unpaired) electrons. The Labute approximate surface area is 297 Å². The highest BCUT2D eigenvalue weighted by molar-refractivity contribution is 7.86. The summed E-state index contributed by atoms with van der Waals surface area (Å²) in [5.74, 6) is -1.09. The number of alkyl halides is 3. The fraction of sp³-hybridized carbons (Fsp3) is 0.394. The van der Waals surface area contributed by atoms with Crippen LogP contribution in [0.2, 0.25) is 10.0 Å². The van der Waals surface area contributed by atoms with Crippen molar-refractivity contribution in [2.75, 3.05) is 52.4 Å². The van der Waals surface area contributed by atoms with Crippen LogP contribution in [0.15, 0.2) is 66.7 Å². The number of nitrogens with one attached hydrogen (secondary N) is 3. The van der Waals surface area contributed by atoms with E-state index in [1.165, 1.54) is 15.3 Å². The third-order valence-electron chi connectivity index (χ3n) is 9.05. The molecule has 0 aromatic heterocycles. The number of rotatable bonds is 8. The lowest BCUT2D eigenvalue weighted by Gasteiger charge is -2.41. The molecule has 0 aliphatic carbocycles. The van der Waals surface area contributed by atoms with Gasteiger partial charge in [0.25, 0.3) is 16.1 Å². The fourth-order valence-electron chi connectivity index (χ4n) is 6.58. The predicted octanol–water partition coefficient (Wildman–Crippen LogP) is 4.06. The summed E-state index contributed by atoms with van der Waals surface area (Å²) in [6, 6.07) is 15.8. The van der Waals surface area contributed by atoms with Gasteiger partial charge in [-0.3, -0.25) is 20.2 Å². The first-order valence-electron chi connectivity index (χ1n) is 15.9. The van der Waals surface area contributed by atoms with E-state index in [4.69, 9.17) is 27.9 Å². The zero-order valence-corrected chi connectivity index (χ0v) is 29.2. The lowest BCUT2D eigenvalue weighted by molar-refractivity contribution is -0.141. The van der Waals surface area contributed by atoms with Crippen molar-refractivity contribution in [1.82, 2.24) is 29.5 Å². The van der Waals surface area contributed by atoms with E-state index in [1.807, 2.05) is 0 Å². The largest absolute Gasteiger partial charge is 0.493 e. The number of ether oxygens (including phenoxy) is 1. The van der Waals surface area contributed by atoms with E-state index < -0.39 is 51.5 Å². The monoisotopic (exact) mass is 754 g/mol. The molecule has 2 atom stereocenters. The molecule has 2 unspecified atom stereocenters. The van der Waals surface area contributed by atoms with Gasteiger partial charge in [-0.2, -0.15) is 30.2 Å². The second-order valence-electron chi connectivity index (χ2n) is 12.1. The van der Waals surface area contributed by atoms with Crippen LogP contribution in [0.3, 0.4) is 0 Å². The minimum Gasteiger partial charge on any atom is -0.493 e. The molecule has 3 saturated heterocycles. The fourth-order valence-corrected chi connectivity index (χ4v) is 8.38. The summed E-state index contributed by atoms with van der Waals surface area (Å²) < 4.78 is 76.7. The summed E-state index contributed by atoms with van der Waals surface area (Å²) in [6.45, 7) is 1.49. The highest BCUT2D eigenvalue weighted by atomic mass is 35.5. The minimum absolute atomic E-state index is 0.0187. The van der Waals surface area contributed by atoms with Crippen LogP contribution < -0.4 is 20.7 Å². The van der Waals surface area contributed by atoms with Gasteiger partial charge in [0, 0.05) is 54.9 Å². The SMILES string of the molecule is CCOc1cc(C(F)(F)F)ccc1C1(C(=O)N2CCN(S(=O)(=O)N3CCNC(=O)C3)CC2)NC(c2ccc(Cl)cc2)C(c2ccc(Cl)cc2)N1. The maximum Gasteiger partial charge on any atom is 0.416 e. The van der Waals surface area contributed by atoms with Crippen LogP contribution in [0.4, 0.5) is 13.2 Å². The summed E-state index contributed by atoms with van der Waals surface area (Å²) >= 11 is 12.4. The summed E-state index contributed by atoms with van der Waals surface area (Å²) in [5, 5.41) is 10.5. The Morgan fingerprint density at radius 2 is 1.44 bits per heavy atom. The number of hydrogen-bond donors (Lipinski definition) is 3. The Hall–Kier alpha value is -3.44. The van der Waals surface area contributed by atoms with Gasteiger partial charge in [0.1, 0.15) is 5.75 Å². The Kier molecular flexibility index (Phi) is 10.4. The maximum absolute atomic E-state index is 15.0. The van der Waals surface area contributed by atoms with E-state index in [0.29, 0.717) is 10.0 Å². The zero-order valence-electron chi connectivity index (χ0n) is 26.8. The topological polar surface area (TPSA) is 123 Å². The van der Waals surface area contributed by atoms with Crippen LogP contribution >= 0.6 is 23.2 Å². The number of amides is 2. The first kappa shape index (κ1) is 36.4. The Morgan fingerprint density at radius 3 is 1.94 bits per heavy atom. The first-order valence-corrected chi connectivity index (χ1v) is 18.1. The molecule has 0 saturated carbocycles. The van der Waals surface area contributed by atoms with E-state index in [-0.39, 0.29) is 63.7 Å². The standard InChI is InChI=1S/C33H35Cl2F3N6O5S/c1-2-49-27-19-23(33(36,37)38)7-12-26(27)32(31(46)42-15-17-43(18-16-42)50(47,48)44-14-13-39-28(45)20-44)40-29(21-3-8-24(34)9-4-21)30(41-32)22-5-10-25(35)11-6-22/h3-12,19,29-30,40-41H,2,13-18,20H2,1H3,(H,39,45). The van der Waals surface area contributed by atoms with Gasteiger partial charge in [-0.25, -0.2) is 0 Å². The van der Waals surface area contributed by atoms with Gasteiger partial charge in [0.15, 0.2) is 5.66 Å².